The molecule has 5 heteroatoms. The van der Waals surface area contributed by atoms with Gasteiger partial charge in [0.2, 0.25) is 0 Å². The number of ether oxygens (including phenoxy) is 2. The molecule has 2 aromatic carbocycles. The standard InChI is InChI=1S/C18H20N2O2S/c1-11-5-6-12(2)17(22-4)14(11)10-23-18-19-15-8-7-13(21-3)9-16(15)20-18/h5-9H,10H2,1-4H3,(H,19,20). The van der Waals surface area contributed by atoms with Gasteiger partial charge in [-0.25, -0.2) is 4.98 Å². The summed E-state index contributed by atoms with van der Waals surface area (Å²) in [5.41, 5.74) is 5.54. The Morgan fingerprint density at radius 2 is 1.83 bits per heavy atom. The third kappa shape index (κ3) is 3.15. The average Bonchev–Trinajstić information content (AvgIpc) is 2.97. The minimum absolute atomic E-state index is 0.813. The van der Waals surface area contributed by atoms with Crippen molar-refractivity contribution in [3.63, 3.8) is 0 Å². The largest absolute Gasteiger partial charge is 0.497 e. The monoisotopic (exact) mass is 328 g/mol. The van der Waals surface area contributed by atoms with Crippen LogP contribution in [0.15, 0.2) is 35.5 Å². The molecule has 0 fully saturated rings. The number of hydrogen-bond donors (Lipinski definition) is 1. The quantitative estimate of drug-likeness (QED) is 0.701. The second kappa shape index (κ2) is 6.54. The number of thioether (sulfide) groups is 1. The molecule has 0 aliphatic carbocycles. The highest BCUT2D eigenvalue weighted by atomic mass is 32.2. The van der Waals surface area contributed by atoms with Crippen molar-refractivity contribution in [2.75, 3.05) is 14.2 Å². The van der Waals surface area contributed by atoms with Crippen molar-refractivity contribution in [1.29, 1.82) is 0 Å². The van der Waals surface area contributed by atoms with Crippen LogP contribution in [-0.4, -0.2) is 24.2 Å². The van der Waals surface area contributed by atoms with Crippen molar-refractivity contribution in [3.05, 3.63) is 47.0 Å². The van der Waals surface area contributed by atoms with Crippen LogP contribution in [0, 0.1) is 13.8 Å². The van der Waals surface area contributed by atoms with Crippen LogP contribution in [0.25, 0.3) is 11.0 Å². The number of aryl methyl sites for hydroxylation is 2. The SMILES string of the molecule is COc1ccc2[nH]c(SCc3c(C)ccc(C)c3OC)nc2c1. The van der Waals surface area contributed by atoms with Crippen molar-refractivity contribution in [2.45, 2.75) is 24.8 Å². The fourth-order valence-electron chi connectivity index (χ4n) is 2.61. The predicted octanol–water partition coefficient (Wildman–Crippen LogP) is 4.49. The minimum Gasteiger partial charge on any atom is -0.497 e. The molecule has 0 unspecified atom stereocenters. The van der Waals surface area contributed by atoms with Crippen LogP contribution >= 0.6 is 11.8 Å². The van der Waals surface area contributed by atoms with Gasteiger partial charge in [0.05, 0.1) is 25.3 Å². The molecule has 0 saturated carbocycles. The van der Waals surface area contributed by atoms with Crippen molar-refractivity contribution in [2.24, 2.45) is 0 Å². The molecule has 3 aromatic rings. The van der Waals surface area contributed by atoms with Gasteiger partial charge in [-0.2, -0.15) is 0 Å². The van der Waals surface area contributed by atoms with E-state index in [0.717, 1.165) is 39.0 Å². The number of aromatic amines is 1. The number of aromatic nitrogens is 2. The second-order valence-corrected chi connectivity index (χ2v) is 6.39. The van der Waals surface area contributed by atoms with E-state index in [1.807, 2.05) is 18.2 Å². The number of nitrogens with zero attached hydrogens (tertiary/aromatic N) is 1. The average molecular weight is 328 g/mol. The maximum absolute atomic E-state index is 5.57. The molecule has 1 aromatic heterocycles. The van der Waals surface area contributed by atoms with E-state index in [-0.39, 0.29) is 0 Å². The van der Waals surface area contributed by atoms with E-state index in [1.54, 1.807) is 26.0 Å². The molecule has 23 heavy (non-hydrogen) atoms. The molecule has 0 amide bonds. The van der Waals surface area contributed by atoms with Gasteiger partial charge in [-0.15, -0.1) is 0 Å². The highest BCUT2D eigenvalue weighted by Gasteiger charge is 2.12. The first-order valence-corrected chi connectivity index (χ1v) is 8.40. The van der Waals surface area contributed by atoms with Crippen LogP contribution in [0.2, 0.25) is 0 Å². The van der Waals surface area contributed by atoms with E-state index in [0.29, 0.717) is 0 Å². The van der Waals surface area contributed by atoms with Crippen LogP contribution in [0.5, 0.6) is 11.5 Å². The maximum Gasteiger partial charge on any atom is 0.166 e. The van der Waals surface area contributed by atoms with Gasteiger partial charge >= 0.3 is 0 Å². The molecular formula is C18H20N2O2S. The number of rotatable bonds is 5. The van der Waals surface area contributed by atoms with Gasteiger partial charge < -0.3 is 14.5 Å². The lowest BCUT2D eigenvalue weighted by atomic mass is 10.1. The Kier molecular flexibility index (Phi) is 4.48. The van der Waals surface area contributed by atoms with E-state index in [4.69, 9.17) is 9.47 Å². The number of methoxy groups -OCH3 is 2. The van der Waals surface area contributed by atoms with E-state index < -0.39 is 0 Å². The minimum atomic E-state index is 0.813. The highest BCUT2D eigenvalue weighted by molar-refractivity contribution is 7.98. The second-order valence-electron chi connectivity index (χ2n) is 5.42. The number of H-pyrrole nitrogens is 1. The normalized spacial score (nSPS) is 11.0. The van der Waals surface area contributed by atoms with Crippen LogP contribution in [-0.2, 0) is 5.75 Å². The van der Waals surface area contributed by atoms with Gasteiger partial charge in [-0.05, 0) is 37.1 Å². The first-order chi connectivity index (χ1) is 11.1. The molecule has 0 bridgehead atoms. The molecule has 0 atom stereocenters. The lowest BCUT2D eigenvalue weighted by Crippen LogP contribution is -1.96. The summed E-state index contributed by atoms with van der Waals surface area (Å²) in [5.74, 6) is 2.60. The van der Waals surface area contributed by atoms with E-state index in [2.05, 4.69) is 35.9 Å². The summed E-state index contributed by atoms with van der Waals surface area (Å²) in [5, 5.41) is 0.899. The molecule has 0 aliphatic rings. The maximum atomic E-state index is 5.57. The van der Waals surface area contributed by atoms with Gasteiger partial charge in [-0.3, -0.25) is 0 Å². The van der Waals surface area contributed by atoms with E-state index in [9.17, 15) is 0 Å². The summed E-state index contributed by atoms with van der Waals surface area (Å²) in [6.45, 7) is 4.18. The number of nitrogens with one attached hydrogen (secondary N) is 1. The number of benzene rings is 2. The van der Waals surface area contributed by atoms with Gasteiger partial charge in [0, 0.05) is 17.4 Å². The molecule has 1 heterocycles. The molecule has 0 radical (unpaired) electrons. The fourth-order valence-corrected chi connectivity index (χ4v) is 3.59. The van der Waals surface area contributed by atoms with Crippen LogP contribution < -0.4 is 9.47 Å². The first-order valence-electron chi connectivity index (χ1n) is 7.42. The zero-order valence-corrected chi connectivity index (χ0v) is 14.6. The highest BCUT2D eigenvalue weighted by Crippen LogP contribution is 2.32. The Bertz CT molecular complexity index is 842. The van der Waals surface area contributed by atoms with Gasteiger partial charge in [-0.1, -0.05) is 23.9 Å². The lowest BCUT2D eigenvalue weighted by molar-refractivity contribution is 0.408. The predicted molar refractivity (Wildman–Crippen MR) is 94.7 cm³/mol. The molecule has 120 valence electrons. The van der Waals surface area contributed by atoms with Gasteiger partial charge in [0.15, 0.2) is 5.16 Å². The third-order valence-corrected chi connectivity index (χ3v) is 4.82. The third-order valence-electron chi connectivity index (χ3n) is 3.92. The Balaban J connectivity index is 1.85. The molecule has 4 nitrogen and oxygen atoms in total. The van der Waals surface area contributed by atoms with Gasteiger partial charge in [0.25, 0.3) is 0 Å². The van der Waals surface area contributed by atoms with Crippen molar-refractivity contribution >= 4 is 22.8 Å². The molecule has 0 aliphatic heterocycles. The number of fused-ring (bicyclic) bond motifs is 1. The van der Waals surface area contributed by atoms with Crippen LogP contribution in [0.3, 0.4) is 0 Å². The van der Waals surface area contributed by atoms with Crippen molar-refractivity contribution in [3.8, 4) is 11.5 Å². The Morgan fingerprint density at radius 1 is 1.04 bits per heavy atom. The zero-order valence-electron chi connectivity index (χ0n) is 13.8. The van der Waals surface area contributed by atoms with Crippen LogP contribution in [0.4, 0.5) is 0 Å². The summed E-state index contributed by atoms with van der Waals surface area (Å²) < 4.78 is 10.8. The zero-order chi connectivity index (χ0) is 16.4. The van der Waals surface area contributed by atoms with Gasteiger partial charge in [0.1, 0.15) is 11.5 Å². The number of hydrogen-bond acceptors (Lipinski definition) is 4. The molecule has 1 N–H and O–H groups in total. The first kappa shape index (κ1) is 15.7. The molecule has 0 saturated heterocycles. The van der Waals surface area contributed by atoms with Crippen molar-refractivity contribution < 1.29 is 9.47 Å². The summed E-state index contributed by atoms with van der Waals surface area (Å²) in [6.07, 6.45) is 0. The van der Waals surface area contributed by atoms with E-state index >= 15 is 0 Å². The summed E-state index contributed by atoms with van der Waals surface area (Å²) in [4.78, 5) is 7.97. The van der Waals surface area contributed by atoms with Crippen LogP contribution in [0.1, 0.15) is 16.7 Å². The lowest BCUT2D eigenvalue weighted by Gasteiger charge is -2.13. The summed E-state index contributed by atoms with van der Waals surface area (Å²) >= 11 is 1.68. The fraction of sp³-hybridized carbons (Fsp3) is 0.278. The smallest absolute Gasteiger partial charge is 0.166 e. The summed E-state index contributed by atoms with van der Waals surface area (Å²) in [6, 6.07) is 10.1. The van der Waals surface area contributed by atoms with Crippen molar-refractivity contribution in [1.82, 2.24) is 9.97 Å². The van der Waals surface area contributed by atoms with E-state index in [1.165, 1.54) is 11.1 Å². The summed E-state index contributed by atoms with van der Waals surface area (Å²) in [7, 11) is 3.39. The molecule has 0 spiro atoms. The molecular weight excluding hydrogens is 308 g/mol. The molecule has 3 rings (SSSR count). The Labute approximate surface area is 140 Å². The number of imidazole rings is 1. The Morgan fingerprint density at radius 3 is 2.57 bits per heavy atom. The Hall–Kier alpha value is -2.14. The topological polar surface area (TPSA) is 47.1 Å².